The van der Waals surface area contributed by atoms with Crippen LogP contribution in [0.4, 0.5) is 27.8 Å². The number of nitrogens with zero attached hydrogens (tertiary/aromatic N) is 3. The molecule has 2 aromatic carbocycles. The average molecular weight is 710 g/mol. The van der Waals surface area contributed by atoms with Gasteiger partial charge in [0.05, 0.1) is 41.5 Å². The van der Waals surface area contributed by atoms with Gasteiger partial charge >= 0.3 is 12.1 Å². The summed E-state index contributed by atoms with van der Waals surface area (Å²) in [6.45, 7) is -0.175. The maximum Gasteiger partial charge on any atom is 0.490 e. The number of alkyl halides is 5. The van der Waals surface area contributed by atoms with Gasteiger partial charge in [-0.15, -0.1) is 11.3 Å². The number of methoxy groups -OCH3 is 1. The lowest BCUT2D eigenvalue weighted by Gasteiger charge is -2.21. The molecule has 1 saturated heterocycles. The molecule has 1 atom stereocenters. The zero-order valence-electron chi connectivity index (χ0n) is 23.6. The fourth-order valence-electron chi connectivity index (χ4n) is 4.74. The number of fused-ring (bicyclic) bond motifs is 1. The topological polar surface area (TPSA) is 157 Å². The van der Waals surface area contributed by atoms with Crippen molar-refractivity contribution in [2.45, 2.75) is 41.9 Å². The highest BCUT2D eigenvalue weighted by atomic mass is 35.5. The molecule has 0 unspecified atom stereocenters. The predicted molar refractivity (Wildman–Crippen MR) is 159 cm³/mol. The van der Waals surface area contributed by atoms with Crippen molar-refractivity contribution in [3.05, 3.63) is 70.1 Å². The third kappa shape index (κ3) is 8.23. The molecule has 1 aliphatic rings. The van der Waals surface area contributed by atoms with Gasteiger partial charge in [-0.25, -0.2) is 22.0 Å². The molecule has 1 amide bonds. The van der Waals surface area contributed by atoms with Crippen LogP contribution in [0.2, 0.25) is 4.34 Å². The minimum Gasteiger partial charge on any atom is -0.496 e. The standard InChI is InChI=1S/C25H24ClF2N5O4S2.C2HF3O2/c1-37-19-7-3-6-17-22(19)24(31-39(35,36)21-9-8-20(26)38-21)30-33(17)13-16-5-2-4-15(10-16)12-32-14-25(27,28)11-18(32)23(29)34;3-2(4,5)1(6)7/h2-10,18H,11-14H2,1H3,(H2,29,34)(H,30,31);(H,6,7)/t18-;/m1./s1. The third-order valence-corrected chi connectivity index (χ3v) is 9.71. The van der Waals surface area contributed by atoms with Crippen molar-refractivity contribution in [2.24, 2.45) is 5.73 Å². The number of aliphatic carboxylic acids is 1. The van der Waals surface area contributed by atoms with Gasteiger partial charge in [0.15, 0.2) is 5.82 Å². The predicted octanol–water partition coefficient (Wildman–Crippen LogP) is 4.94. The van der Waals surface area contributed by atoms with Crippen LogP contribution in [0.15, 0.2) is 58.8 Å². The van der Waals surface area contributed by atoms with Gasteiger partial charge in [0, 0.05) is 13.0 Å². The molecule has 11 nitrogen and oxygen atoms in total. The first-order valence-corrected chi connectivity index (χ1v) is 15.7. The minimum atomic E-state index is -5.08. The van der Waals surface area contributed by atoms with Gasteiger partial charge in [-0.3, -0.25) is 19.1 Å². The van der Waals surface area contributed by atoms with E-state index in [9.17, 15) is 35.2 Å². The highest BCUT2D eigenvalue weighted by Gasteiger charge is 2.47. The summed E-state index contributed by atoms with van der Waals surface area (Å²) in [7, 11) is -2.48. The molecule has 46 heavy (non-hydrogen) atoms. The van der Waals surface area contributed by atoms with Crippen molar-refractivity contribution in [2.75, 3.05) is 18.4 Å². The van der Waals surface area contributed by atoms with Crippen LogP contribution >= 0.6 is 22.9 Å². The third-order valence-electron chi connectivity index (χ3n) is 6.65. The number of thiophene rings is 1. The summed E-state index contributed by atoms with van der Waals surface area (Å²) in [6, 6.07) is 14.4. The van der Waals surface area contributed by atoms with E-state index in [0.717, 1.165) is 22.5 Å². The molecule has 0 bridgehead atoms. The van der Waals surface area contributed by atoms with Crippen LogP contribution in [0.3, 0.4) is 0 Å². The number of rotatable bonds is 9. The van der Waals surface area contributed by atoms with Crippen molar-refractivity contribution in [3.63, 3.8) is 0 Å². The number of amides is 1. The van der Waals surface area contributed by atoms with E-state index in [-0.39, 0.29) is 23.1 Å². The Labute approximate surface area is 267 Å². The summed E-state index contributed by atoms with van der Waals surface area (Å²) >= 11 is 6.86. The van der Waals surface area contributed by atoms with Gasteiger partial charge in [-0.05, 0) is 35.4 Å². The zero-order chi connectivity index (χ0) is 34.0. The van der Waals surface area contributed by atoms with Crippen molar-refractivity contribution in [1.82, 2.24) is 14.7 Å². The van der Waals surface area contributed by atoms with E-state index < -0.39 is 53.0 Å². The second-order valence-electron chi connectivity index (χ2n) is 10.0. The molecule has 0 radical (unpaired) electrons. The van der Waals surface area contributed by atoms with E-state index in [0.29, 0.717) is 21.0 Å². The van der Waals surface area contributed by atoms with Crippen LogP contribution in [-0.2, 0) is 32.7 Å². The smallest absolute Gasteiger partial charge is 0.490 e. The first kappa shape index (κ1) is 34.9. The second kappa shape index (κ2) is 13.4. The molecule has 5 rings (SSSR count). The minimum absolute atomic E-state index is 0.0413. The average Bonchev–Trinajstić information content (AvgIpc) is 3.64. The highest BCUT2D eigenvalue weighted by Crippen LogP contribution is 2.36. The van der Waals surface area contributed by atoms with E-state index in [1.165, 1.54) is 24.1 Å². The number of anilines is 1. The SMILES string of the molecule is COc1cccc2c1c(NS(=O)(=O)c1ccc(Cl)s1)nn2Cc1cccc(CN2CC(F)(F)C[C@@H]2C(N)=O)c1.O=C(O)C(F)(F)F. The van der Waals surface area contributed by atoms with Crippen molar-refractivity contribution < 1.29 is 49.8 Å². The number of aromatic nitrogens is 2. The number of likely N-dealkylation sites (tertiary alicyclic amines) is 1. The maximum atomic E-state index is 14.0. The van der Waals surface area contributed by atoms with Crippen LogP contribution in [0, 0.1) is 0 Å². The number of nitrogens with one attached hydrogen (secondary N) is 1. The fraction of sp³-hybridized carbons (Fsp3) is 0.296. The molecule has 2 aromatic heterocycles. The van der Waals surface area contributed by atoms with Gasteiger partial charge in [0.1, 0.15) is 9.96 Å². The zero-order valence-corrected chi connectivity index (χ0v) is 26.0. The molecule has 1 fully saturated rings. The molecule has 0 aliphatic carbocycles. The number of ether oxygens (including phenoxy) is 1. The summed E-state index contributed by atoms with van der Waals surface area (Å²) in [5.41, 5.74) is 7.50. The highest BCUT2D eigenvalue weighted by molar-refractivity contribution is 7.94. The molecule has 4 N–H and O–H groups in total. The number of carboxylic acids is 1. The number of carbonyl (C=O) groups is 2. The van der Waals surface area contributed by atoms with E-state index in [1.54, 1.807) is 35.0 Å². The number of hydrogen-bond acceptors (Lipinski definition) is 8. The molecule has 3 heterocycles. The van der Waals surface area contributed by atoms with Gasteiger partial charge in [0.25, 0.3) is 15.9 Å². The lowest BCUT2D eigenvalue weighted by Crippen LogP contribution is -2.39. The lowest BCUT2D eigenvalue weighted by atomic mass is 10.1. The van der Waals surface area contributed by atoms with Gasteiger partial charge in [-0.2, -0.15) is 18.3 Å². The number of sulfonamides is 1. The number of hydrogen-bond donors (Lipinski definition) is 3. The van der Waals surface area contributed by atoms with Gasteiger partial charge in [0.2, 0.25) is 5.91 Å². The summed E-state index contributed by atoms with van der Waals surface area (Å²) in [4.78, 5) is 22.0. The Morgan fingerprint density at radius 3 is 2.35 bits per heavy atom. The molecule has 4 aromatic rings. The molecule has 19 heteroatoms. The largest absolute Gasteiger partial charge is 0.496 e. The summed E-state index contributed by atoms with van der Waals surface area (Å²) in [5.74, 6) is -6.00. The Kier molecular flexibility index (Phi) is 10.1. The normalized spacial score (nSPS) is 16.5. The molecule has 0 spiro atoms. The Bertz CT molecular complexity index is 1860. The summed E-state index contributed by atoms with van der Waals surface area (Å²) in [5, 5.41) is 12.1. The van der Waals surface area contributed by atoms with Crippen LogP contribution in [0.25, 0.3) is 10.9 Å². The molecule has 0 saturated carbocycles. The Morgan fingerprint density at radius 1 is 1.15 bits per heavy atom. The Balaban J connectivity index is 0.000000617. The van der Waals surface area contributed by atoms with E-state index in [2.05, 4.69) is 9.82 Å². The van der Waals surface area contributed by atoms with Crippen molar-refractivity contribution in [3.8, 4) is 5.75 Å². The number of carbonyl (C=O) groups excluding carboxylic acids is 1. The van der Waals surface area contributed by atoms with Crippen LogP contribution < -0.4 is 15.2 Å². The number of nitrogens with two attached hydrogens (primary N) is 1. The first-order chi connectivity index (χ1) is 21.4. The van der Waals surface area contributed by atoms with Gasteiger partial charge in [-0.1, -0.05) is 41.9 Å². The Hall–Kier alpha value is -4.00. The monoisotopic (exact) mass is 709 g/mol. The lowest BCUT2D eigenvalue weighted by molar-refractivity contribution is -0.192. The van der Waals surface area contributed by atoms with E-state index >= 15 is 0 Å². The van der Waals surface area contributed by atoms with Gasteiger partial charge < -0.3 is 15.6 Å². The summed E-state index contributed by atoms with van der Waals surface area (Å²) in [6.07, 6.45) is -5.68. The first-order valence-electron chi connectivity index (χ1n) is 13.0. The van der Waals surface area contributed by atoms with Crippen LogP contribution in [0.5, 0.6) is 5.75 Å². The summed E-state index contributed by atoms with van der Waals surface area (Å²) < 4.78 is 95.8. The number of halogens is 6. The van der Waals surface area contributed by atoms with Crippen LogP contribution in [-0.4, -0.2) is 71.9 Å². The van der Waals surface area contributed by atoms with E-state index in [4.69, 9.17) is 32.0 Å². The maximum absolute atomic E-state index is 14.0. The number of primary amides is 1. The molecular formula is C27H25ClF5N5O6S2. The quantitative estimate of drug-likeness (QED) is 0.207. The number of benzene rings is 2. The fourth-order valence-corrected chi connectivity index (χ4v) is 7.24. The number of carboxylic acid groups (broad SMARTS) is 1. The van der Waals surface area contributed by atoms with E-state index in [1.807, 2.05) is 12.1 Å². The van der Waals surface area contributed by atoms with Crippen LogP contribution in [0.1, 0.15) is 17.5 Å². The molecule has 248 valence electrons. The molecular weight excluding hydrogens is 685 g/mol. The molecule has 1 aliphatic heterocycles. The van der Waals surface area contributed by atoms with Crippen molar-refractivity contribution in [1.29, 1.82) is 0 Å². The van der Waals surface area contributed by atoms with Crippen molar-refractivity contribution >= 4 is 61.6 Å². The second-order valence-corrected chi connectivity index (χ2v) is 13.7. The Morgan fingerprint density at radius 2 is 1.78 bits per heavy atom.